The molecule has 6 nitrogen and oxygen atoms in total. The maximum absolute atomic E-state index is 11.6. The predicted molar refractivity (Wildman–Crippen MR) is 63.8 cm³/mol. The van der Waals surface area contributed by atoms with Crippen LogP contribution in [0, 0.1) is 0 Å². The number of rotatable bonds is 7. The second kappa shape index (κ2) is 7.18. The zero-order valence-electron chi connectivity index (χ0n) is 9.52. The zero-order valence-corrected chi connectivity index (χ0v) is 10.4. The molecule has 1 aromatic carbocycles. The topological polar surface area (TPSA) is 104 Å². The Morgan fingerprint density at radius 3 is 2.44 bits per heavy atom. The molecule has 0 bridgehead atoms. The standard InChI is InChI=1S/C11H13O6P/c12-7-11(15)17-18(16)9-4-1-8(2-5-9)3-6-10(13)14/h1-2,4-5,11-12,15H,3,6-7H2/p+1. The number of aliphatic hydroxyl groups excluding tert-OH is 2. The van der Waals surface area contributed by atoms with E-state index in [9.17, 15) is 9.36 Å². The number of aryl methyl sites for hydroxylation is 1. The summed E-state index contributed by atoms with van der Waals surface area (Å²) in [4.78, 5) is 10.4. The summed E-state index contributed by atoms with van der Waals surface area (Å²) < 4.78 is 16.2. The summed E-state index contributed by atoms with van der Waals surface area (Å²) in [6.07, 6.45) is -1.04. The van der Waals surface area contributed by atoms with Crippen LogP contribution in [0.2, 0.25) is 0 Å². The molecule has 0 aromatic heterocycles. The van der Waals surface area contributed by atoms with Crippen LogP contribution in [0.15, 0.2) is 24.3 Å². The van der Waals surface area contributed by atoms with Crippen molar-refractivity contribution in [1.82, 2.24) is 0 Å². The minimum absolute atomic E-state index is 0.0329. The first-order valence-electron chi connectivity index (χ1n) is 5.26. The Morgan fingerprint density at radius 1 is 1.33 bits per heavy atom. The van der Waals surface area contributed by atoms with Gasteiger partial charge in [0, 0.05) is 6.42 Å². The molecule has 0 amide bonds. The summed E-state index contributed by atoms with van der Waals surface area (Å²) in [5.74, 6) is -0.875. The molecule has 0 aliphatic rings. The van der Waals surface area contributed by atoms with Gasteiger partial charge < -0.3 is 15.3 Å². The maximum Gasteiger partial charge on any atom is 0.551 e. The third-order valence-corrected chi connectivity index (χ3v) is 3.30. The maximum atomic E-state index is 11.6. The molecule has 0 aliphatic carbocycles. The minimum atomic E-state index is -2.23. The molecule has 0 spiro atoms. The van der Waals surface area contributed by atoms with Gasteiger partial charge >= 0.3 is 14.0 Å². The molecule has 18 heavy (non-hydrogen) atoms. The number of aliphatic hydroxyl groups is 2. The van der Waals surface area contributed by atoms with Crippen molar-refractivity contribution in [2.45, 2.75) is 19.1 Å². The average Bonchev–Trinajstić information content (AvgIpc) is 2.36. The molecule has 2 atom stereocenters. The van der Waals surface area contributed by atoms with Gasteiger partial charge in [-0.3, -0.25) is 4.79 Å². The van der Waals surface area contributed by atoms with Crippen molar-refractivity contribution in [2.24, 2.45) is 0 Å². The molecular weight excluding hydrogens is 259 g/mol. The van der Waals surface area contributed by atoms with Crippen LogP contribution in [0.4, 0.5) is 0 Å². The number of hydrogen-bond acceptors (Lipinski definition) is 5. The van der Waals surface area contributed by atoms with Crippen molar-refractivity contribution in [3.05, 3.63) is 29.8 Å². The van der Waals surface area contributed by atoms with Gasteiger partial charge in [0.25, 0.3) is 0 Å². The molecule has 0 radical (unpaired) electrons. The van der Waals surface area contributed by atoms with Gasteiger partial charge in [-0.15, -0.1) is 4.52 Å². The normalized spacial score (nSPS) is 13.1. The van der Waals surface area contributed by atoms with E-state index in [1.54, 1.807) is 24.3 Å². The zero-order chi connectivity index (χ0) is 13.5. The fourth-order valence-electron chi connectivity index (χ4n) is 1.24. The first kappa shape index (κ1) is 14.7. The van der Waals surface area contributed by atoms with Crippen LogP contribution in [-0.4, -0.2) is 34.2 Å². The van der Waals surface area contributed by atoms with Crippen molar-refractivity contribution < 1.29 is 29.2 Å². The van der Waals surface area contributed by atoms with Crippen molar-refractivity contribution in [3.63, 3.8) is 0 Å². The Bertz CT molecular complexity index is 416. The van der Waals surface area contributed by atoms with E-state index in [4.69, 9.17) is 15.3 Å². The Hall–Kier alpha value is -1.33. The molecular formula is C11H14O6P+. The lowest BCUT2D eigenvalue weighted by Crippen LogP contribution is -2.14. The third-order valence-electron chi connectivity index (χ3n) is 2.15. The fourth-order valence-corrected chi connectivity index (χ4v) is 2.04. The van der Waals surface area contributed by atoms with Crippen molar-refractivity contribution in [2.75, 3.05) is 6.61 Å². The number of carboxylic acids is 1. The predicted octanol–water partition coefficient (Wildman–Crippen LogP) is 0.399. The Kier molecular flexibility index (Phi) is 5.88. The monoisotopic (exact) mass is 273 g/mol. The second-order valence-electron chi connectivity index (χ2n) is 3.56. The Balaban J connectivity index is 2.59. The highest BCUT2D eigenvalue weighted by Crippen LogP contribution is 2.23. The van der Waals surface area contributed by atoms with Crippen LogP contribution in [0.1, 0.15) is 12.0 Å². The lowest BCUT2D eigenvalue weighted by molar-refractivity contribution is -0.136. The quantitative estimate of drug-likeness (QED) is 0.490. The molecule has 2 unspecified atom stereocenters. The smallest absolute Gasteiger partial charge is 0.481 e. The SMILES string of the molecule is O=C(O)CCc1ccc([P+](=O)OC(O)CO)cc1. The third kappa shape index (κ3) is 4.89. The largest absolute Gasteiger partial charge is 0.551 e. The summed E-state index contributed by atoms with van der Waals surface area (Å²) >= 11 is 0. The molecule has 3 N–H and O–H groups in total. The molecule has 7 heteroatoms. The van der Waals surface area contributed by atoms with Gasteiger partial charge in [-0.1, -0.05) is 12.1 Å². The van der Waals surface area contributed by atoms with Gasteiger partial charge in [0.15, 0.2) is 0 Å². The van der Waals surface area contributed by atoms with Crippen molar-refractivity contribution in [1.29, 1.82) is 0 Å². The van der Waals surface area contributed by atoms with Crippen molar-refractivity contribution >= 4 is 19.3 Å². The summed E-state index contributed by atoms with van der Waals surface area (Å²) in [6, 6.07) is 6.39. The second-order valence-corrected chi connectivity index (χ2v) is 4.80. The van der Waals surface area contributed by atoms with Crippen LogP contribution in [0.5, 0.6) is 0 Å². The van der Waals surface area contributed by atoms with Crippen molar-refractivity contribution in [3.8, 4) is 0 Å². The van der Waals surface area contributed by atoms with Crippen LogP contribution < -0.4 is 5.30 Å². The van der Waals surface area contributed by atoms with E-state index in [1.807, 2.05) is 0 Å². The van der Waals surface area contributed by atoms with E-state index in [0.29, 0.717) is 11.7 Å². The number of carboxylic acid groups (broad SMARTS) is 1. The van der Waals surface area contributed by atoms with E-state index < -0.39 is 26.9 Å². The van der Waals surface area contributed by atoms with Gasteiger partial charge in [-0.2, -0.15) is 0 Å². The summed E-state index contributed by atoms with van der Waals surface area (Å²) in [6.45, 7) is -0.627. The van der Waals surface area contributed by atoms with Gasteiger partial charge in [-0.05, 0) is 28.7 Å². The Morgan fingerprint density at radius 2 is 1.94 bits per heavy atom. The van der Waals surface area contributed by atoms with E-state index in [0.717, 1.165) is 5.56 Å². The highest BCUT2D eigenvalue weighted by Gasteiger charge is 2.26. The van der Waals surface area contributed by atoms with E-state index in [-0.39, 0.29) is 6.42 Å². The summed E-state index contributed by atoms with van der Waals surface area (Å²) in [5, 5.41) is 26.4. The molecule has 0 aliphatic heterocycles. The van der Waals surface area contributed by atoms with E-state index in [2.05, 4.69) is 4.52 Å². The number of aliphatic carboxylic acids is 1. The number of carbonyl (C=O) groups is 1. The molecule has 0 saturated heterocycles. The number of benzene rings is 1. The molecule has 0 heterocycles. The van der Waals surface area contributed by atoms with Gasteiger partial charge in [0.1, 0.15) is 0 Å². The van der Waals surface area contributed by atoms with Crippen LogP contribution in [0.25, 0.3) is 0 Å². The highest BCUT2D eigenvalue weighted by atomic mass is 31.1. The number of hydrogen-bond donors (Lipinski definition) is 3. The molecule has 1 rings (SSSR count). The van der Waals surface area contributed by atoms with E-state index in [1.165, 1.54) is 0 Å². The average molecular weight is 273 g/mol. The van der Waals surface area contributed by atoms with Gasteiger partial charge in [0.2, 0.25) is 11.6 Å². The van der Waals surface area contributed by atoms with Crippen LogP contribution >= 0.6 is 8.03 Å². The van der Waals surface area contributed by atoms with Gasteiger partial charge in [-0.25, -0.2) is 0 Å². The van der Waals surface area contributed by atoms with E-state index >= 15 is 0 Å². The Labute approximate surface area is 105 Å². The lowest BCUT2D eigenvalue weighted by Gasteiger charge is -1.99. The molecule has 0 fully saturated rings. The lowest BCUT2D eigenvalue weighted by atomic mass is 10.1. The molecule has 1 aromatic rings. The summed E-state index contributed by atoms with van der Waals surface area (Å²) in [7, 11) is -2.23. The molecule has 98 valence electrons. The van der Waals surface area contributed by atoms with Crippen LogP contribution in [0.3, 0.4) is 0 Å². The van der Waals surface area contributed by atoms with Crippen LogP contribution in [-0.2, 0) is 20.3 Å². The first-order chi connectivity index (χ1) is 8.52. The summed E-state index contributed by atoms with van der Waals surface area (Å²) in [5.41, 5.74) is 0.812. The first-order valence-corrected chi connectivity index (χ1v) is 6.44. The van der Waals surface area contributed by atoms with Gasteiger partial charge in [0.05, 0.1) is 6.61 Å². The molecule has 0 saturated carbocycles. The highest BCUT2D eigenvalue weighted by molar-refractivity contribution is 7.48. The minimum Gasteiger partial charge on any atom is -0.481 e. The fraction of sp³-hybridized carbons (Fsp3) is 0.364.